The zero-order chi connectivity index (χ0) is 19.2. The second kappa shape index (κ2) is 9.29. The summed E-state index contributed by atoms with van der Waals surface area (Å²) in [6.07, 6.45) is 6.12. The lowest BCUT2D eigenvalue weighted by molar-refractivity contribution is -0.134. The monoisotopic (exact) mass is 378 g/mol. The molecule has 1 aromatic carbocycles. The van der Waals surface area contributed by atoms with Crippen LogP contribution in [0.2, 0.25) is 0 Å². The van der Waals surface area contributed by atoms with Crippen molar-refractivity contribution in [2.45, 2.75) is 51.4 Å². The lowest BCUT2D eigenvalue weighted by Crippen LogP contribution is -2.40. The molecule has 0 bridgehead atoms. The van der Waals surface area contributed by atoms with Crippen molar-refractivity contribution in [1.82, 2.24) is 9.80 Å². The van der Waals surface area contributed by atoms with Crippen LogP contribution >= 0.6 is 0 Å². The molecular formula is C21H28F2N2O2. The number of piperidine rings is 1. The first kappa shape index (κ1) is 19.8. The molecule has 2 aliphatic rings. The standard InChI is InChI=1S/C21H28F2N2O2/c22-18-10-9-17(19(23)14-18)8-7-16-4-1-13-25(15-16)21(27)6-3-12-24-11-2-5-20(24)26/h9-10,14,16H,1-8,11-13,15H2. The van der Waals surface area contributed by atoms with E-state index >= 15 is 0 Å². The summed E-state index contributed by atoms with van der Waals surface area (Å²) in [6, 6.07) is 3.73. The largest absolute Gasteiger partial charge is 0.343 e. The zero-order valence-electron chi connectivity index (χ0n) is 15.8. The number of likely N-dealkylation sites (tertiary alicyclic amines) is 2. The number of amides is 2. The lowest BCUT2D eigenvalue weighted by Gasteiger charge is -2.33. The Kier molecular flexibility index (Phi) is 6.80. The van der Waals surface area contributed by atoms with Crippen LogP contribution in [0.4, 0.5) is 8.78 Å². The minimum absolute atomic E-state index is 0.152. The molecular weight excluding hydrogens is 350 g/mol. The maximum atomic E-state index is 13.8. The Labute approximate surface area is 159 Å². The van der Waals surface area contributed by atoms with E-state index in [-0.39, 0.29) is 11.8 Å². The van der Waals surface area contributed by atoms with Crippen LogP contribution in [0.1, 0.15) is 50.5 Å². The first-order chi connectivity index (χ1) is 13.0. The molecule has 4 nitrogen and oxygen atoms in total. The number of halogens is 2. The molecule has 1 aromatic rings. The van der Waals surface area contributed by atoms with Gasteiger partial charge in [-0.2, -0.15) is 0 Å². The van der Waals surface area contributed by atoms with Gasteiger partial charge in [-0.15, -0.1) is 0 Å². The van der Waals surface area contributed by atoms with Gasteiger partial charge in [-0.3, -0.25) is 9.59 Å². The van der Waals surface area contributed by atoms with Gasteiger partial charge in [0.05, 0.1) is 0 Å². The predicted octanol–water partition coefficient (Wildman–Crippen LogP) is 3.54. The third-order valence-electron chi connectivity index (χ3n) is 5.70. The molecule has 27 heavy (non-hydrogen) atoms. The number of hydrogen-bond acceptors (Lipinski definition) is 2. The third-order valence-corrected chi connectivity index (χ3v) is 5.70. The predicted molar refractivity (Wildman–Crippen MR) is 99.0 cm³/mol. The van der Waals surface area contributed by atoms with Crippen molar-refractivity contribution in [2.75, 3.05) is 26.2 Å². The Hall–Kier alpha value is -1.98. The molecule has 0 saturated carbocycles. The Morgan fingerprint density at radius 3 is 2.78 bits per heavy atom. The Morgan fingerprint density at radius 2 is 2.04 bits per heavy atom. The second-order valence-corrected chi connectivity index (χ2v) is 7.71. The number of nitrogens with zero attached hydrogens (tertiary/aromatic N) is 2. The van der Waals surface area contributed by atoms with Crippen molar-refractivity contribution in [2.24, 2.45) is 5.92 Å². The fraction of sp³-hybridized carbons (Fsp3) is 0.619. The zero-order valence-corrected chi connectivity index (χ0v) is 15.8. The first-order valence-electron chi connectivity index (χ1n) is 10.0. The van der Waals surface area contributed by atoms with Gasteiger partial charge >= 0.3 is 0 Å². The van der Waals surface area contributed by atoms with E-state index in [1.165, 1.54) is 12.1 Å². The van der Waals surface area contributed by atoms with E-state index < -0.39 is 11.6 Å². The van der Waals surface area contributed by atoms with Crippen LogP contribution in [0.15, 0.2) is 18.2 Å². The molecule has 0 N–H and O–H groups in total. The van der Waals surface area contributed by atoms with Crippen LogP contribution in [-0.4, -0.2) is 47.8 Å². The summed E-state index contributed by atoms with van der Waals surface area (Å²) in [7, 11) is 0. The summed E-state index contributed by atoms with van der Waals surface area (Å²) < 4.78 is 26.8. The Bertz CT molecular complexity index is 680. The molecule has 0 aliphatic carbocycles. The van der Waals surface area contributed by atoms with Gasteiger partial charge in [-0.1, -0.05) is 6.07 Å². The van der Waals surface area contributed by atoms with E-state index in [1.807, 2.05) is 9.80 Å². The molecule has 2 fully saturated rings. The van der Waals surface area contributed by atoms with Crippen LogP contribution in [0.25, 0.3) is 0 Å². The van der Waals surface area contributed by atoms with Crippen LogP contribution in [0.3, 0.4) is 0 Å². The van der Waals surface area contributed by atoms with Gasteiger partial charge in [0, 0.05) is 45.1 Å². The minimum atomic E-state index is -0.554. The second-order valence-electron chi connectivity index (χ2n) is 7.71. The fourth-order valence-electron chi connectivity index (χ4n) is 4.13. The van der Waals surface area contributed by atoms with Crippen LogP contribution in [0.5, 0.6) is 0 Å². The van der Waals surface area contributed by atoms with Crippen molar-refractivity contribution < 1.29 is 18.4 Å². The summed E-state index contributed by atoms with van der Waals surface area (Å²) >= 11 is 0. The lowest BCUT2D eigenvalue weighted by atomic mass is 9.91. The van der Waals surface area contributed by atoms with Crippen LogP contribution in [-0.2, 0) is 16.0 Å². The Balaban J connectivity index is 1.41. The number of hydrogen-bond donors (Lipinski definition) is 0. The normalized spacial score (nSPS) is 20.4. The number of benzene rings is 1. The molecule has 3 rings (SSSR count). The van der Waals surface area contributed by atoms with Crippen molar-refractivity contribution in [3.05, 3.63) is 35.4 Å². The molecule has 148 valence electrons. The highest BCUT2D eigenvalue weighted by Gasteiger charge is 2.24. The molecule has 1 unspecified atom stereocenters. The van der Waals surface area contributed by atoms with Crippen molar-refractivity contribution in [1.29, 1.82) is 0 Å². The summed E-state index contributed by atoms with van der Waals surface area (Å²) in [4.78, 5) is 27.9. The van der Waals surface area contributed by atoms with E-state index in [9.17, 15) is 18.4 Å². The fourth-order valence-corrected chi connectivity index (χ4v) is 4.13. The van der Waals surface area contributed by atoms with Gasteiger partial charge in [0.1, 0.15) is 11.6 Å². The SMILES string of the molecule is O=C1CCCN1CCCC(=O)N1CCCC(CCc2ccc(F)cc2F)C1. The minimum Gasteiger partial charge on any atom is -0.343 e. The van der Waals surface area contributed by atoms with Crippen molar-refractivity contribution >= 4 is 11.8 Å². The van der Waals surface area contributed by atoms with Gasteiger partial charge < -0.3 is 9.80 Å². The number of carbonyl (C=O) groups is 2. The molecule has 0 aromatic heterocycles. The topological polar surface area (TPSA) is 40.6 Å². The smallest absolute Gasteiger partial charge is 0.222 e. The first-order valence-corrected chi connectivity index (χ1v) is 10.0. The van der Waals surface area contributed by atoms with E-state index in [0.717, 1.165) is 44.8 Å². The molecule has 0 radical (unpaired) electrons. The highest BCUT2D eigenvalue weighted by Crippen LogP contribution is 2.23. The van der Waals surface area contributed by atoms with Crippen LogP contribution < -0.4 is 0 Å². The maximum Gasteiger partial charge on any atom is 0.222 e. The Morgan fingerprint density at radius 1 is 1.19 bits per heavy atom. The number of carbonyl (C=O) groups excluding carboxylic acids is 2. The maximum absolute atomic E-state index is 13.8. The van der Waals surface area contributed by atoms with E-state index in [1.54, 1.807) is 0 Å². The van der Waals surface area contributed by atoms with Gasteiger partial charge in [0.25, 0.3) is 0 Å². The highest BCUT2D eigenvalue weighted by atomic mass is 19.1. The number of aryl methyl sites for hydroxylation is 1. The van der Waals surface area contributed by atoms with E-state index in [0.29, 0.717) is 50.3 Å². The molecule has 6 heteroatoms. The summed E-state index contributed by atoms with van der Waals surface area (Å²) in [6.45, 7) is 2.98. The van der Waals surface area contributed by atoms with Gasteiger partial charge in [0.15, 0.2) is 0 Å². The number of rotatable bonds is 7. The van der Waals surface area contributed by atoms with Gasteiger partial charge in [-0.05, 0) is 56.1 Å². The molecule has 0 spiro atoms. The highest BCUT2D eigenvalue weighted by molar-refractivity contribution is 5.78. The summed E-state index contributed by atoms with van der Waals surface area (Å²) in [5, 5.41) is 0. The quantitative estimate of drug-likeness (QED) is 0.728. The summed E-state index contributed by atoms with van der Waals surface area (Å²) in [5.41, 5.74) is 0.537. The van der Waals surface area contributed by atoms with Crippen molar-refractivity contribution in [3.63, 3.8) is 0 Å². The van der Waals surface area contributed by atoms with E-state index in [4.69, 9.17) is 0 Å². The molecule has 2 heterocycles. The molecule has 2 amide bonds. The molecule has 2 aliphatic heterocycles. The van der Waals surface area contributed by atoms with E-state index in [2.05, 4.69) is 0 Å². The molecule has 1 atom stereocenters. The summed E-state index contributed by atoms with van der Waals surface area (Å²) in [5.74, 6) is -0.336. The van der Waals surface area contributed by atoms with Gasteiger partial charge in [0.2, 0.25) is 11.8 Å². The van der Waals surface area contributed by atoms with Gasteiger partial charge in [-0.25, -0.2) is 8.78 Å². The average Bonchev–Trinajstić information content (AvgIpc) is 3.06. The van der Waals surface area contributed by atoms with Crippen LogP contribution in [0, 0.1) is 17.6 Å². The average molecular weight is 378 g/mol. The molecule has 2 saturated heterocycles. The van der Waals surface area contributed by atoms with Crippen molar-refractivity contribution in [3.8, 4) is 0 Å². The third kappa shape index (κ3) is 5.50.